The summed E-state index contributed by atoms with van der Waals surface area (Å²) in [5, 5.41) is 17.0. The number of nitrogens with zero attached hydrogens (tertiary/aromatic N) is 3. The number of nitrogens with one attached hydrogen (secondary N) is 5. The highest BCUT2D eigenvalue weighted by Gasteiger charge is 2.28. The first-order chi connectivity index (χ1) is 16.7. The molecule has 0 atom stereocenters. The van der Waals surface area contributed by atoms with Crippen molar-refractivity contribution in [3.8, 4) is 11.6 Å². The normalized spacial score (nSPS) is 15.3. The number of rotatable bonds is 7. The molecule has 4 aromatic rings. The Morgan fingerprint density at radius 2 is 1.85 bits per heavy atom. The van der Waals surface area contributed by atoms with Gasteiger partial charge in [0, 0.05) is 23.9 Å². The van der Waals surface area contributed by atoms with Gasteiger partial charge in [0.05, 0.1) is 10.9 Å². The molecule has 6 rings (SSSR count). The third kappa shape index (κ3) is 4.33. The fraction of sp³-hybridized carbons (Fsp3) is 0.167. The second-order valence-corrected chi connectivity index (χ2v) is 8.23. The van der Waals surface area contributed by atoms with E-state index in [0.717, 1.165) is 17.9 Å². The summed E-state index contributed by atoms with van der Waals surface area (Å²) >= 11 is 0. The van der Waals surface area contributed by atoms with Gasteiger partial charge in [-0.05, 0) is 55.2 Å². The van der Waals surface area contributed by atoms with Gasteiger partial charge in [0.25, 0.3) is 5.56 Å². The third-order valence-corrected chi connectivity index (χ3v) is 5.65. The van der Waals surface area contributed by atoms with Gasteiger partial charge in [-0.1, -0.05) is 18.2 Å². The number of aromatic amines is 2. The summed E-state index contributed by atoms with van der Waals surface area (Å²) in [5.74, 6) is 3.30. The molecule has 3 heterocycles. The number of allylic oxidation sites excluding steroid dienone is 1. The van der Waals surface area contributed by atoms with Crippen LogP contribution >= 0.6 is 0 Å². The van der Waals surface area contributed by atoms with Gasteiger partial charge in [0.15, 0.2) is 0 Å². The molecular formula is C24H22N8O2. The van der Waals surface area contributed by atoms with Crippen molar-refractivity contribution >= 4 is 34.1 Å². The van der Waals surface area contributed by atoms with Crippen LogP contribution in [0.1, 0.15) is 19.3 Å². The van der Waals surface area contributed by atoms with Gasteiger partial charge in [0.1, 0.15) is 17.4 Å². The van der Waals surface area contributed by atoms with E-state index in [9.17, 15) is 4.79 Å². The van der Waals surface area contributed by atoms with E-state index in [1.54, 1.807) is 18.2 Å². The van der Waals surface area contributed by atoms with Crippen LogP contribution in [0.15, 0.2) is 76.4 Å². The molecular weight excluding hydrogens is 432 g/mol. The van der Waals surface area contributed by atoms with E-state index >= 15 is 0 Å². The number of H-pyrrole nitrogens is 2. The van der Waals surface area contributed by atoms with E-state index in [1.165, 1.54) is 18.6 Å². The molecule has 0 spiro atoms. The Labute approximate surface area is 194 Å². The maximum absolute atomic E-state index is 11.8. The Kier molecular flexibility index (Phi) is 4.95. The van der Waals surface area contributed by atoms with Gasteiger partial charge in [-0.2, -0.15) is 15.1 Å². The first kappa shape index (κ1) is 20.0. The fourth-order valence-electron chi connectivity index (χ4n) is 3.77. The van der Waals surface area contributed by atoms with E-state index in [2.05, 4.69) is 47.4 Å². The summed E-state index contributed by atoms with van der Waals surface area (Å²) in [6, 6.07) is 16.5. The summed E-state index contributed by atoms with van der Waals surface area (Å²) in [4.78, 5) is 20.9. The van der Waals surface area contributed by atoms with Gasteiger partial charge in [0.2, 0.25) is 11.8 Å². The van der Waals surface area contributed by atoms with E-state index < -0.39 is 0 Å². The Hall–Kier alpha value is -4.60. The molecule has 10 nitrogen and oxygen atoms in total. The van der Waals surface area contributed by atoms with Gasteiger partial charge < -0.3 is 15.4 Å². The molecule has 0 bridgehead atoms. The van der Waals surface area contributed by atoms with E-state index in [-0.39, 0.29) is 5.56 Å². The van der Waals surface area contributed by atoms with Crippen LogP contribution < -0.4 is 26.4 Å². The minimum absolute atomic E-state index is 0.164. The smallest absolute Gasteiger partial charge is 0.271 e. The SMILES string of the molecule is O=c1[nH][nH]c2cc(Nc3nc(NC4=CCC(C5CC5)=NN4)cc(Oc4ccccc4)n3)ccc12. The van der Waals surface area contributed by atoms with Crippen molar-refractivity contribution in [3.63, 3.8) is 0 Å². The van der Waals surface area contributed by atoms with Crippen molar-refractivity contribution in [2.24, 2.45) is 11.0 Å². The lowest BCUT2D eigenvalue weighted by atomic mass is 10.1. The van der Waals surface area contributed by atoms with Crippen LogP contribution in [0.5, 0.6) is 11.6 Å². The quantitative estimate of drug-likeness (QED) is 0.283. The van der Waals surface area contributed by atoms with Crippen LogP contribution in [0, 0.1) is 5.92 Å². The number of hydrazone groups is 1. The molecule has 170 valence electrons. The second-order valence-electron chi connectivity index (χ2n) is 8.23. The van der Waals surface area contributed by atoms with Crippen molar-refractivity contribution in [2.45, 2.75) is 19.3 Å². The lowest BCUT2D eigenvalue weighted by molar-refractivity contribution is 0.463. The molecule has 5 N–H and O–H groups in total. The summed E-state index contributed by atoms with van der Waals surface area (Å²) in [5.41, 5.74) is 5.52. The maximum atomic E-state index is 11.8. The standard InChI is InChI=1S/C24H22N8O2/c33-23-17-9-8-15(12-19(17)30-32-23)25-24-27-21(13-22(28-24)34-16-4-2-1-3-5-16)26-20-11-10-18(29-31-20)14-6-7-14/h1-5,8-9,11-14,31H,6-7,10H2,(H2,30,32,33)(H2,25,26,27,28). The minimum atomic E-state index is -0.164. The molecule has 2 aliphatic rings. The zero-order chi connectivity index (χ0) is 22.9. The molecule has 1 aliphatic heterocycles. The number of para-hydroxylation sites is 1. The second kappa shape index (κ2) is 8.39. The first-order valence-corrected chi connectivity index (χ1v) is 11.1. The van der Waals surface area contributed by atoms with Gasteiger partial charge in [-0.3, -0.25) is 20.4 Å². The molecule has 0 amide bonds. The van der Waals surface area contributed by atoms with Crippen LogP contribution in [0.4, 0.5) is 17.5 Å². The highest BCUT2D eigenvalue weighted by molar-refractivity contribution is 5.90. The highest BCUT2D eigenvalue weighted by Crippen LogP contribution is 2.33. The van der Waals surface area contributed by atoms with Crippen molar-refractivity contribution < 1.29 is 4.74 Å². The van der Waals surface area contributed by atoms with Crippen molar-refractivity contribution in [3.05, 3.63) is 76.8 Å². The van der Waals surface area contributed by atoms with Crippen LogP contribution in [0.3, 0.4) is 0 Å². The number of anilines is 3. The van der Waals surface area contributed by atoms with Gasteiger partial charge in [-0.15, -0.1) is 0 Å². The summed E-state index contributed by atoms with van der Waals surface area (Å²) in [6.07, 6.45) is 5.34. The maximum Gasteiger partial charge on any atom is 0.271 e. The predicted molar refractivity (Wildman–Crippen MR) is 130 cm³/mol. The van der Waals surface area contributed by atoms with Crippen molar-refractivity contribution in [2.75, 3.05) is 10.6 Å². The van der Waals surface area contributed by atoms with Crippen molar-refractivity contribution in [1.29, 1.82) is 0 Å². The fourth-order valence-corrected chi connectivity index (χ4v) is 3.77. The van der Waals surface area contributed by atoms with E-state index in [4.69, 9.17) is 4.74 Å². The Balaban J connectivity index is 1.27. The van der Waals surface area contributed by atoms with E-state index in [0.29, 0.717) is 40.2 Å². The lowest BCUT2D eigenvalue weighted by Gasteiger charge is -2.17. The molecule has 10 heteroatoms. The molecule has 2 aromatic heterocycles. The minimum Gasteiger partial charge on any atom is -0.439 e. The van der Waals surface area contributed by atoms with Crippen molar-refractivity contribution in [1.82, 2.24) is 25.6 Å². The van der Waals surface area contributed by atoms with Crippen LogP contribution in [0.25, 0.3) is 10.9 Å². The number of hydrogen-bond acceptors (Lipinski definition) is 8. The van der Waals surface area contributed by atoms with Crippen LogP contribution in [-0.4, -0.2) is 25.9 Å². The predicted octanol–water partition coefficient (Wildman–Crippen LogP) is 4.19. The molecule has 1 aliphatic carbocycles. The monoisotopic (exact) mass is 454 g/mol. The number of fused-ring (bicyclic) bond motifs is 1. The highest BCUT2D eigenvalue weighted by atomic mass is 16.5. The summed E-state index contributed by atoms with van der Waals surface area (Å²) < 4.78 is 5.97. The largest absolute Gasteiger partial charge is 0.439 e. The van der Waals surface area contributed by atoms with Crippen LogP contribution in [-0.2, 0) is 0 Å². The number of benzene rings is 2. The molecule has 34 heavy (non-hydrogen) atoms. The molecule has 1 saturated carbocycles. The molecule has 0 saturated heterocycles. The van der Waals surface area contributed by atoms with Gasteiger partial charge in [-0.25, -0.2) is 0 Å². The average Bonchev–Trinajstić information content (AvgIpc) is 3.63. The average molecular weight is 454 g/mol. The van der Waals surface area contributed by atoms with Crippen LogP contribution in [0.2, 0.25) is 0 Å². The third-order valence-electron chi connectivity index (χ3n) is 5.65. The number of aromatic nitrogens is 4. The molecule has 0 unspecified atom stereocenters. The molecule has 1 fully saturated rings. The number of ether oxygens (including phenoxy) is 1. The Morgan fingerprint density at radius 1 is 0.971 bits per heavy atom. The lowest BCUT2D eigenvalue weighted by Crippen LogP contribution is -2.22. The zero-order valence-corrected chi connectivity index (χ0v) is 18.1. The van der Waals surface area contributed by atoms with E-state index in [1.807, 2.05) is 36.4 Å². The zero-order valence-electron chi connectivity index (χ0n) is 18.1. The number of hydrogen-bond donors (Lipinski definition) is 5. The summed E-state index contributed by atoms with van der Waals surface area (Å²) in [6.45, 7) is 0. The molecule has 0 radical (unpaired) electrons. The van der Waals surface area contributed by atoms with Gasteiger partial charge >= 0.3 is 0 Å². The summed E-state index contributed by atoms with van der Waals surface area (Å²) in [7, 11) is 0. The molecule has 2 aromatic carbocycles. The first-order valence-electron chi connectivity index (χ1n) is 11.1. The topological polar surface area (TPSA) is 132 Å². The Bertz CT molecular complexity index is 1470. The Morgan fingerprint density at radius 3 is 2.65 bits per heavy atom.